The van der Waals surface area contributed by atoms with Gasteiger partial charge >= 0.3 is 8.53 Å². The quantitative estimate of drug-likeness (QED) is 0.208. The van der Waals surface area contributed by atoms with E-state index in [9.17, 15) is 0 Å². The maximum atomic E-state index is 6.88. The second kappa shape index (κ2) is 9.39. The molecule has 0 N–H and O–H groups in total. The molecule has 0 unspecified atom stereocenters. The predicted molar refractivity (Wildman–Crippen MR) is 150 cm³/mol. The Morgan fingerprint density at radius 2 is 0.972 bits per heavy atom. The lowest BCUT2D eigenvalue weighted by Gasteiger charge is -2.35. The molecular weight excluding hydrogens is 461 g/mol. The van der Waals surface area contributed by atoms with Crippen molar-refractivity contribution in [3.05, 3.63) is 107 Å². The maximum absolute atomic E-state index is 6.88. The summed E-state index contributed by atoms with van der Waals surface area (Å²) in [5.74, 6) is 1.86. The lowest BCUT2D eigenvalue weighted by molar-refractivity contribution is 0.266. The van der Waals surface area contributed by atoms with E-state index in [2.05, 4.69) is 117 Å². The molecule has 0 saturated heterocycles. The number of nitrogens with zero attached hydrogens (tertiary/aromatic N) is 1. The van der Waals surface area contributed by atoms with E-state index in [1.807, 2.05) is 0 Å². The Bertz CT molecular complexity index is 1320. The minimum atomic E-state index is -1.39. The first-order chi connectivity index (χ1) is 17.5. The van der Waals surface area contributed by atoms with Crippen LogP contribution in [0.25, 0.3) is 22.3 Å². The van der Waals surface area contributed by atoms with Crippen LogP contribution in [-0.4, -0.2) is 16.8 Å². The first kappa shape index (κ1) is 23.3. The standard InChI is InChI=1S/C32H32NO2P/c1-21(2)33(22(3)4)36(34-31-17-9-15-27-25-13-7-5-11-23(25)19-29(27)31)35-32-18-10-16-28-26-14-8-6-12-24(26)20-30(28)32/h5-18,21-22H,19-20H2,1-4H3. The van der Waals surface area contributed by atoms with E-state index in [4.69, 9.17) is 9.05 Å². The van der Waals surface area contributed by atoms with Gasteiger partial charge in [0.2, 0.25) is 0 Å². The number of hydrogen-bond acceptors (Lipinski definition) is 3. The fourth-order valence-electron chi connectivity index (χ4n) is 5.68. The van der Waals surface area contributed by atoms with Crippen LogP contribution in [0.2, 0.25) is 0 Å². The number of rotatable bonds is 7. The fourth-order valence-corrected chi connectivity index (χ4v) is 7.34. The zero-order valence-corrected chi connectivity index (χ0v) is 22.3. The second-order valence-corrected chi connectivity index (χ2v) is 11.5. The van der Waals surface area contributed by atoms with Gasteiger partial charge in [-0.15, -0.1) is 0 Å². The molecular formula is C32H32NO2P. The zero-order chi connectivity index (χ0) is 24.8. The first-order valence-corrected chi connectivity index (χ1v) is 14.0. The summed E-state index contributed by atoms with van der Waals surface area (Å²) in [6.45, 7) is 8.88. The third kappa shape index (κ3) is 4.01. The average molecular weight is 494 g/mol. The highest BCUT2D eigenvalue weighted by molar-refractivity contribution is 7.45. The van der Waals surface area contributed by atoms with Crippen LogP contribution in [0.15, 0.2) is 84.9 Å². The number of fused-ring (bicyclic) bond motifs is 6. The highest BCUT2D eigenvalue weighted by Gasteiger charge is 2.34. The van der Waals surface area contributed by atoms with Gasteiger partial charge in [-0.05, 0) is 73.2 Å². The molecule has 6 rings (SSSR count). The van der Waals surface area contributed by atoms with Crippen molar-refractivity contribution < 1.29 is 9.05 Å². The molecule has 0 bridgehead atoms. The van der Waals surface area contributed by atoms with Crippen LogP contribution in [0.4, 0.5) is 0 Å². The summed E-state index contributed by atoms with van der Waals surface area (Å²) < 4.78 is 16.1. The molecule has 182 valence electrons. The topological polar surface area (TPSA) is 21.7 Å². The molecule has 4 aromatic rings. The Balaban J connectivity index is 1.38. The summed E-state index contributed by atoms with van der Waals surface area (Å²) in [7, 11) is -1.39. The lowest BCUT2D eigenvalue weighted by atomic mass is 10.1. The van der Waals surface area contributed by atoms with Crippen LogP contribution in [0.3, 0.4) is 0 Å². The maximum Gasteiger partial charge on any atom is 0.385 e. The molecule has 0 aliphatic heterocycles. The summed E-state index contributed by atoms with van der Waals surface area (Å²) in [4.78, 5) is 0. The molecule has 36 heavy (non-hydrogen) atoms. The van der Waals surface area contributed by atoms with E-state index in [1.165, 1.54) is 44.5 Å². The summed E-state index contributed by atoms with van der Waals surface area (Å²) in [5.41, 5.74) is 10.4. The zero-order valence-electron chi connectivity index (χ0n) is 21.4. The van der Waals surface area contributed by atoms with Gasteiger partial charge in [0.25, 0.3) is 0 Å². The molecule has 0 saturated carbocycles. The van der Waals surface area contributed by atoms with Crippen molar-refractivity contribution in [3.8, 4) is 33.8 Å². The Hall–Kier alpha value is -3.13. The second-order valence-electron chi connectivity index (χ2n) is 10.2. The van der Waals surface area contributed by atoms with Gasteiger partial charge in [0, 0.05) is 36.1 Å². The molecule has 0 atom stereocenters. The van der Waals surface area contributed by atoms with Gasteiger partial charge in [-0.3, -0.25) is 0 Å². The Morgan fingerprint density at radius 1 is 0.556 bits per heavy atom. The van der Waals surface area contributed by atoms with Gasteiger partial charge < -0.3 is 9.05 Å². The van der Waals surface area contributed by atoms with Crippen molar-refractivity contribution in [2.75, 3.05) is 0 Å². The normalized spacial score (nSPS) is 13.2. The van der Waals surface area contributed by atoms with Crippen molar-refractivity contribution in [3.63, 3.8) is 0 Å². The number of hydrogen-bond donors (Lipinski definition) is 0. The van der Waals surface area contributed by atoms with E-state index >= 15 is 0 Å². The predicted octanol–water partition coefficient (Wildman–Crippen LogP) is 8.63. The van der Waals surface area contributed by atoms with Gasteiger partial charge in [0.05, 0.1) is 0 Å². The van der Waals surface area contributed by atoms with E-state index in [0.717, 1.165) is 24.3 Å². The molecule has 0 amide bonds. The van der Waals surface area contributed by atoms with E-state index in [-0.39, 0.29) is 12.1 Å². The van der Waals surface area contributed by atoms with Gasteiger partial charge in [-0.2, -0.15) is 0 Å². The van der Waals surface area contributed by atoms with Crippen molar-refractivity contribution in [1.82, 2.24) is 4.67 Å². The highest BCUT2D eigenvalue weighted by Crippen LogP contribution is 2.52. The molecule has 0 aromatic heterocycles. The Labute approximate surface area is 215 Å². The summed E-state index contributed by atoms with van der Waals surface area (Å²) in [6, 6.07) is 30.7. The van der Waals surface area contributed by atoms with Crippen molar-refractivity contribution in [2.24, 2.45) is 0 Å². The minimum Gasteiger partial charge on any atom is -0.427 e. The smallest absolute Gasteiger partial charge is 0.385 e. The van der Waals surface area contributed by atoms with Crippen LogP contribution in [0, 0.1) is 0 Å². The summed E-state index contributed by atoms with van der Waals surface area (Å²) in [5, 5.41) is 0. The molecule has 2 aliphatic rings. The SMILES string of the molecule is CC(C)N(C(C)C)P(Oc1cccc2c1Cc1ccccc1-2)Oc1cccc2c1Cc1ccccc1-2. The molecule has 2 aliphatic carbocycles. The lowest BCUT2D eigenvalue weighted by Crippen LogP contribution is -2.35. The van der Waals surface area contributed by atoms with Crippen LogP contribution < -0.4 is 9.05 Å². The van der Waals surface area contributed by atoms with Gasteiger partial charge in [-0.1, -0.05) is 72.8 Å². The van der Waals surface area contributed by atoms with Gasteiger partial charge in [0.1, 0.15) is 11.5 Å². The van der Waals surface area contributed by atoms with Crippen molar-refractivity contribution >= 4 is 8.53 Å². The third-order valence-corrected chi connectivity index (χ3v) is 9.22. The molecule has 4 aromatic carbocycles. The average Bonchev–Trinajstić information content (AvgIpc) is 3.43. The molecule has 0 spiro atoms. The minimum absolute atomic E-state index is 0.277. The highest BCUT2D eigenvalue weighted by atomic mass is 31.2. The molecule has 0 fully saturated rings. The van der Waals surface area contributed by atoms with Gasteiger partial charge in [-0.25, -0.2) is 4.67 Å². The molecule has 0 heterocycles. The molecule has 4 heteroatoms. The fraction of sp³-hybridized carbons (Fsp3) is 0.250. The largest absolute Gasteiger partial charge is 0.427 e. The van der Waals surface area contributed by atoms with Crippen LogP contribution in [-0.2, 0) is 12.8 Å². The van der Waals surface area contributed by atoms with Crippen LogP contribution >= 0.6 is 8.53 Å². The number of benzene rings is 4. The Kier molecular flexibility index (Phi) is 6.07. The van der Waals surface area contributed by atoms with Gasteiger partial charge in [0.15, 0.2) is 0 Å². The van der Waals surface area contributed by atoms with Crippen molar-refractivity contribution in [2.45, 2.75) is 52.6 Å². The van der Waals surface area contributed by atoms with E-state index < -0.39 is 8.53 Å². The summed E-state index contributed by atoms with van der Waals surface area (Å²) in [6.07, 6.45) is 1.79. The molecule has 3 nitrogen and oxygen atoms in total. The Morgan fingerprint density at radius 3 is 1.42 bits per heavy atom. The molecule has 0 radical (unpaired) electrons. The monoisotopic (exact) mass is 493 g/mol. The van der Waals surface area contributed by atoms with E-state index in [1.54, 1.807) is 0 Å². The van der Waals surface area contributed by atoms with Crippen molar-refractivity contribution in [1.29, 1.82) is 0 Å². The van der Waals surface area contributed by atoms with Crippen LogP contribution in [0.5, 0.6) is 11.5 Å². The first-order valence-electron chi connectivity index (χ1n) is 12.9. The third-order valence-electron chi connectivity index (χ3n) is 7.22. The summed E-state index contributed by atoms with van der Waals surface area (Å²) >= 11 is 0. The van der Waals surface area contributed by atoms with Crippen LogP contribution in [0.1, 0.15) is 49.9 Å². The van der Waals surface area contributed by atoms with E-state index in [0.29, 0.717) is 0 Å².